The third-order valence-corrected chi connectivity index (χ3v) is 5.34. The highest BCUT2D eigenvalue weighted by Crippen LogP contribution is 2.48. The molecule has 1 aromatic carbocycles. The fourth-order valence-electron chi connectivity index (χ4n) is 3.85. The molecule has 156 valence electrons. The van der Waals surface area contributed by atoms with Gasteiger partial charge < -0.3 is 14.0 Å². The average Bonchev–Trinajstić information content (AvgIpc) is 3.12. The Morgan fingerprint density at radius 3 is 2.45 bits per heavy atom. The summed E-state index contributed by atoms with van der Waals surface area (Å²) in [5.74, 6) is 2.37. The predicted octanol–water partition coefficient (Wildman–Crippen LogP) is 5.43. The summed E-state index contributed by atoms with van der Waals surface area (Å²) in [5.41, 5.74) is 2.58. The van der Waals surface area contributed by atoms with Crippen LogP contribution in [0.1, 0.15) is 63.0 Å². The molecule has 3 unspecified atom stereocenters. The van der Waals surface area contributed by atoms with Gasteiger partial charge in [-0.05, 0) is 58.1 Å². The molecule has 6 nitrogen and oxygen atoms in total. The number of hydrogen-bond donors (Lipinski definition) is 1. The van der Waals surface area contributed by atoms with E-state index in [1.807, 2.05) is 19.9 Å². The summed E-state index contributed by atoms with van der Waals surface area (Å²) in [4.78, 5) is 12.9. The van der Waals surface area contributed by atoms with Crippen molar-refractivity contribution in [2.24, 2.45) is 11.8 Å². The van der Waals surface area contributed by atoms with Crippen LogP contribution in [-0.4, -0.2) is 24.3 Å². The minimum Gasteiger partial charge on any atom is -0.493 e. The van der Waals surface area contributed by atoms with Gasteiger partial charge in [-0.2, -0.15) is 0 Å². The molecule has 0 saturated heterocycles. The Morgan fingerprint density at radius 1 is 1.24 bits per heavy atom. The van der Waals surface area contributed by atoms with Crippen LogP contribution in [0.5, 0.6) is 11.5 Å². The molecule has 0 spiro atoms. The number of nitrogens with one attached hydrogen (secondary N) is 1. The number of hydrogen-bond acceptors (Lipinski definition) is 5. The molecule has 1 aromatic heterocycles. The van der Waals surface area contributed by atoms with Crippen LogP contribution in [0.4, 0.5) is 5.88 Å². The molecule has 0 bridgehead atoms. The van der Waals surface area contributed by atoms with Crippen molar-refractivity contribution in [3.63, 3.8) is 0 Å². The summed E-state index contributed by atoms with van der Waals surface area (Å²) in [6.07, 6.45) is 3.37. The van der Waals surface area contributed by atoms with E-state index >= 15 is 0 Å². The lowest BCUT2D eigenvalue weighted by Gasteiger charge is -2.40. The van der Waals surface area contributed by atoms with Crippen molar-refractivity contribution in [2.45, 2.75) is 47.0 Å². The number of ether oxygens (including phenoxy) is 2. The predicted molar refractivity (Wildman–Crippen MR) is 113 cm³/mol. The highest BCUT2D eigenvalue weighted by Gasteiger charge is 2.39. The molecule has 1 N–H and O–H groups in total. The van der Waals surface area contributed by atoms with Crippen molar-refractivity contribution < 1.29 is 18.8 Å². The Morgan fingerprint density at radius 2 is 1.90 bits per heavy atom. The lowest BCUT2D eigenvalue weighted by atomic mass is 9.64. The molecule has 1 heterocycles. The van der Waals surface area contributed by atoms with Crippen molar-refractivity contribution in [3.8, 4) is 11.5 Å². The number of allylic oxidation sites excluding steroid dienone is 2. The van der Waals surface area contributed by atoms with E-state index in [0.29, 0.717) is 53.9 Å². The Bertz CT molecular complexity index is 859. The quantitative estimate of drug-likeness (QED) is 0.600. The van der Waals surface area contributed by atoms with Gasteiger partial charge in [-0.1, -0.05) is 29.8 Å². The number of rotatable bonds is 8. The van der Waals surface area contributed by atoms with Crippen LogP contribution in [0, 0.1) is 11.8 Å². The van der Waals surface area contributed by atoms with E-state index in [2.05, 4.69) is 37.3 Å². The molecule has 1 aliphatic carbocycles. The number of amides is 1. The summed E-state index contributed by atoms with van der Waals surface area (Å²) >= 11 is 0. The van der Waals surface area contributed by atoms with Crippen LogP contribution >= 0.6 is 0 Å². The number of aromatic nitrogens is 1. The second-order valence-corrected chi connectivity index (χ2v) is 7.67. The van der Waals surface area contributed by atoms with E-state index in [4.69, 9.17) is 14.0 Å². The topological polar surface area (TPSA) is 73.6 Å². The highest BCUT2D eigenvalue weighted by molar-refractivity contribution is 6.07. The fraction of sp³-hybridized carbons (Fsp3) is 0.478. The summed E-state index contributed by atoms with van der Waals surface area (Å²) in [6.45, 7) is 11.1. The van der Waals surface area contributed by atoms with Crippen LogP contribution < -0.4 is 14.8 Å². The number of benzene rings is 1. The van der Waals surface area contributed by atoms with Gasteiger partial charge in [0.15, 0.2) is 0 Å². The monoisotopic (exact) mass is 398 g/mol. The molecule has 6 heteroatoms. The van der Waals surface area contributed by atoms with Crippen molar-refractivity contribution in [3.05, 3.63) is 47.2 Å². The first-order valence-corrected chi connectivity index (χ1v) is 10.3. The zero-order valence-corrected chi connectivity index (χ0v) is 17.8. The minimum atomic E-state index is -0.343. The maximum atomic E-state index is 12.9. The first kappa shape index (κ1) is 21.0. The normalized spacial score (nSPS) is 20.5. The first-order valence-electron chi connectivity index (χ1n) is 10.3. The number of carbonyl (C=O) groups is 1. The van der Waals surface area contributed by atoms with Gasteiger partial charge in [-0.15, -0.1) is 0 Å². The summed E-state index contributed by atoms with van der Waals surface area (Å²) in [6, 6.07) is 7.14. The molecular formula is C23H30N2O4. The Balaban J connectivity index is 1.74. The van der Waals surface area contributed by atoms with Crippen molar-refractivity contribution in [2.75, 3.05) is 18.5 Å². The van der Waals surface area contributed by atoms with Crippen LogP contribution in [0.25, 0.3) is 0 Å². The highest BCUT2D eigenvalue weighted by atomic mass is 16.5. The maximum Gasteiger partial charge on any atom is 0.265 e. The number of carbonyl (C=O) groups excluding carboxylic acids is 1. The standard InChI is InChI=1S/C23H30N2O4/c1-6-27-19-9-8-10-20(28-7-2)22(19)23(26)24-21-13-18(25-29-21)17-12-16(15(17)5)11-14(3)4/h8-11,13,15-17H,6-7,12H2,1-5H3,(H,24,26). The zero-order valence-electron chi connectivity index (χ0n) is 17.8. The van der Waals surface area contributed by atoms with Gasteiger partial charge in [-0.25, -0.2) is 0 Å². The van der Waals surface area contributed by atoms with Crippen molar-refractivity contribution >= 4 is 11.8 Å². The van der Waals surface area contributed by atoms with E-state index in [9.17, 15) is 4.79 Å². The number of nitrogens with zero attached hydrogens (tertiary/aromatic N) is 1. The third kappa shape index (κ3) is 4.63. The first-order chi connectivity index (χ1) is 13.9. The van der Waals surface area contributed by atoms with Crippen LogP contribution in [0.3, 0.4) is 0 Å². The second kappa shape index (κ2) is 9.16. The Labute approximate surface area is 172 Å². The van der Waals surface area contributed by atoms with Gasteiger partial charge >= 0.3 is 0 Å². The van der Waals surface area contributed by atoms with Crippen molar-refractivity contribution in [1.29, 1.82) is 0 Å². The molecule has 1 aliphatic rings. The Hall–Kier alpha value is -2.76. The van der Waals surface area contributed by atoms with E-state index in [1.54, 1.807) is 18.2 Å². The SMILES string of the molecule is CCOc1cccc(OCC)c1C(=O)Nc1cc(C2CC(C=C(C)C)C2C)no1. The van der Waals surface area contributed by atoms with Gasteiger partial charge in [-0.3, -0.25) is 10.1 Å². The lowest BCUT2D eigenvalue weighted by molar-refractivity contribution is 0.101. The van der Waals surface area contributed by atoms with Crippen molar-refractivity contribution in [1.82, 2.24) is 5.16 Å². The van der Waals surface area contributed by atoms with E-state index in [-0.39, 0.29) is 5.91 Å². The van der Waals surface area contributed by atoms with Gasteiger partial charge in [0.2, 0.25) is 5.88 Å². The van der Waals surface area contributed by atoms with Gasteiger partial charge in [0, 0.05) is 12.0 Å². The summed E-state index contributed by atoms with van der Waals surface area (Å²) in [7, 11) is 0. The molecule has 3 atom stereocenters. The fourth-order valence-corrected chi connectivity index (χ4v) is 3.85. The third-order valence-electron chi connectivity index (χ3n) is 5.34. The van der Waals surface area contributed by atoms with Gasteiger partial charge in [0.25, 0.3) is 5.91 Å². The molecular weight excluding hydrogens is 368 g/mol. The molecule has 1 fully saturated rings. The van der Waals surface area contributed by atoms with E-state index in [1.165, 1.54) is 5.57 Å². The molecule has 0 aliphatic heterocycles. The molecule has 1 saturated carbocycles. The van der Waals surface area contributed by atoms with Gasteiger partial charge in [0.05, 0.1) is 18.9 Å². The molecule has 2 aromatic rings. The molecule has 0 radical (unpaired) electrons. The Kier molecular flexibility index (Phi) is 6.62. The zero-order chi connectivity index (χ0) is 21.0. The van der Waals surface area contributed by atoms with Gasteiger partial charge in [0.1, 0.15) is 17.1 Å². The van der Waals surface area contributed by atoms with Crippen LogP contribution in [0.15, 0.2) is 40.4 Å². The largest absolute Gasteiger partial charge is 0.493 e. The summed E-state index contributed by atoms with van der Waals surface area (Å²) in [5, 5.41) is 6.99. The maximum absolute atomic E-state index is 12.9. The lowest BCUT2D eigenvalue weighted by Crippen LogP contribution is -2.31. The molecule has 29 heavy (non-hydrogen) atoms. The van der Waals surface area contributed by atoms with Crippen LogP contribution in [-0.2, 0) is 0 Å². The number of anilines is 1. The molecule has 3 rings (SSSR count). The van der Waals surface area contributed by atoms with E-state index < -0.39 is 0 Å². The second-order valence-electron chi connectivity index (χ2n) is 7.67. The average molecular weight is 399 g/mol. The van der Waals surface area contributed by atoms with E-state index in [0.717, 1.165) is 12.1 Å². The summed E-state index contributed by atoms with van der Waals surface area (Å²) < 4.78 is 16.6. The molecule has 1 amide bonds. The van der Waals surface area contributed by atoms with Crippen LogP contribution in [0.2, 0.25) is 0 Å². The minimum absolute atomic E-state index is 0.330. The smallest absolute Gasteiger partial charge is 0.265 e.